The fraction of sp³-hybridized carbons (Fsp3) is 0.250. The molecule has 0 atom stereocenters. The summed E-state index contributed by atoms with van der Waals surface area (Å²) in [5.41, 5.74) is -2.01. The average molecular weight is 557 g/mol. The van der Waals surface area contributed by atoms with E-state index in [9.17, 15) is 36.0 Å². The number of nitrogens with zero attached hydrogens (tertiary/aromatic N) is 1. The largest absolute Gasteiger partial charge is 0.573 e. The van der Waals surface area contributed by atoms with Crippen LogP contribution in [0.4, 0.5) is 13.2 Å². The van der Waals surface area contributed by atoms with Gasteiger partial charge >= 0.3 is 18.3 Å². The van der Waals surface area contributed by atoms with E-state index in [2.05, 4.69) is 22.9 Å². The smallest absolute Gasteiger partial charge is 0.461 e. The summed E-state index contributed by atoms with van der Waals surface area (Å²) >= 11 is 0. The predicted molar refractivity (Wildman–Crippen MR) is 126 cm³/mol. The molecule has 10 nitrogen and oxygen atoms in total. The van der Waals surface area contributed by atoms with E-state index in [0.29, 0.717) is 5.56 Å². The molecule has 0 fully saturated rings. The summed E-state index contributed by atoms with van der Waals surface area (Å²) in [7, 11) is -4.64. The lowest BCUT2D eigenvalue weighted by Crippen LogP contribution is -2.48. The Morgan fingerprint density at radius 2 is 1.55 bits per heavy atom. The molecule has 0 aliphatic rings. The van der Waals surface area contributed by atoms with Crippen LogP contribution < -0.4 is 9.46 Å². The standard InChI is InChI=1S/C24H23F3N2O8S/c1-3-12-35-21(31)23(22(32)36-13-4-2,14-17-6-5-11-28-16-17)15-20(30)29-38(33,34)19-9-7-18(8-10-19)37-24(25,26)27/h3-11,16H,1-2,12-15H2,(H,29,30). The molecule has 0 radical (unpaired) electrons. The summed E-state index contributed by atoms with van der Waals surface area (Å²) in [6.07, 6.45) is -1.26. The van der Waals surface area contributed by atoms with Crippen molar-refractivity contribution in [2.45, 2.75) is 24.1 Å². The molecule has 1 N–H and O–H groups in total. The quantitative estimate of drug-likeness (QED) is 0.224. The number of aromatic nitrogens is 1. The molecule has 1 aromatic heterocycles. The van der Waals surface area contributed by atoms with Crippen LogP contribution in [0.3, 0.4) is 0 Å². The molecule has 1 amide bonds. The van der Waals surface area contributed by atoms with Crippen LogP contribution in [-0.2, 0) is 40.3 Å². The van der Waals surface area contributed by atoms with E-state index in [4.69, 9.17) is 9.47 Å². The normalized spacial score (nSPS) is 11.7. The number of carbonyl (C=O) groups excluding carboxylic acids is 3. The SMILES string of the molecule is C=CCOC(=O)C(CC(=O)NS(=O)(=O)c1ccc(OC(F)(F)F)cc1)(Cc1cccnc1)C(=O)OCC=C. The molecule has 2 rings (SSSR count). The van der Waals surface area contributed by atoms with Crippen LogP contribution in [0.15, 0.2) is 79.0 Å². The minimum absolute atomic E-state index is 0.325. The van der Waals surface area contributed by atoms with Crippen LogP contribution in [-0.4, -0.2) is 50.8 Å². The zero-order chi connectivity index (χ0) is 28.4. The lowest BCUT2D eigenvalue weighted by atomic mass is 9.78. The Hall–Kier alpha value is -4.20. The van der Waals surface area contributed by atoms with Gasteiger partial charge in [-0.3, -0.25) is 19.4 Å². The van der Waals surface area contributed by atoms with Crippen molar-refractivity contribution in [2.75, 3.05) is 13.2 Å². The van der Waals surface area contributed by atoms with Gasteiger partial charge in [0, 0.05) is 18.8 Å². The van der Waals surface area contributed by atoms with E-state index in [1.807, 2.05) is 0 Å². The first-order valence-electron chi connectivity index (χ1n) is 10.7. The molecule has 38 heavy (non-hydrogen) atoms. The summed E-state index contributed by atoms with van der Waals surface area (Å²) < 4.78 is 78.0. The Balaban J connectivity index is 2.39. The molecule has 0 spiro atoms. The first-order chi connectivity index (χ1) is 17.8. The number of rotatable bonds is 13. The molecule has 0 saturated heterocycles. The Bertz CT molecular complexity index is 1240. The van der Waals surface area contributed by atoms with Crippen molar-refractivity contribution < 1.29 is 50.2 Å². The monoisotopic (exact) mass is 556 g/mol. The maximum atomic E-state index is 13.1. The second kappa shape index (κ2) is 12.9. The molecule has 0 aliphatic carbocycles. The zero-order valence-electron chi connectivity index (χ0n) is 19.8. The molecular formula is C24H23F3N2O8S. The van der Waals surface area contributed by atoms with Gasteiger partial charge < -0.3 is 14.2 Å². The van der Waals surface area contributed by atoms with Gasteiger partial charge in [-0.2, -0.15) is 0 Å². The Morgan fingerprint density at radius 1 is 0.974 bits per heavy atom. The number of pyridine rings is 1. The highest BCUT2D eigenvalue weighted by atomic mass is 32.2. The van der Waals surface area contributed by atoms with Crippen LogP contribution in [0.5, 0.6) is 5.75 Å². The second-order valence-electron chi connectivity index (χ2n) is 7.62. The van der Waals surface area contributed by atoms with Crippen molar-refractivity contribution in [1.82, 2.24) is 9.71 Å². The van der Waals surface area contributed by atoms with Gasteiger partial charge in [-0.1, -0.05) is 31.4 Å². The van der Waals surface area contributed by atoms with E-state index < -0.39 is 63.1 Å². The molecule has 1 aromatic carbocycles. The number of ether oxygens (including phenoxy) is 3. The average Bonchev–Trinajstić information content (AvgIpc) is 2.84. The third kappa shape index (κ3) is 8.44. The third-order valence-electron chi connectivity index (χ3n) is 4.75. The Labute approximate surface area is 216 Å². The summed E-state index contributed by atoms with van der Waals surface area (Å²) in [5.74, 6) is -4.35. The van der Waals surface area contributed by atoms with E-state index in [0.717, 1.165) is 24.3 Å². The number of halogens is 3. The summed E-state index contributed by atoms with van der Waals surface area (Å²) in [6, 6.07) is 6.05. The second-order valence-corrected chi connectivity index (χ2v) is 9.30. The minimum atomic E-state index is -4.99. The van der Waals surface area contributed by atoms with Crippen molar-refractivity contribution >= 4 is 27.9 Å². The number of alkyl halides is 3. The highest BCUT2D eigenvalue weighted by molar-refractivity contribution is 7.90. The fourth-order valence-electron chi connectivity index (χ4n) is 3.17. The van der Waals surface area contributed by atoms with Gasteiger partial charge in [0.05, 0.1) is 11.3 Å². The van der Waals surface area contributed by atoms with Crippen LogP contribution in [0.2, 0.25) is 0 Å². The number of hydrogen-bond donors (Lipinski definition) is 1. The molecule has 14 heteroatoms. The first kappa shape index (κ1) is 30.0. The lowest BCUT2D eigenvalue weighted by Gasteiger charge is -2.28. The fourth-order valence-corrected chi connectivity index (χ4v) is 4.15. The molecule has 1 heterocycles. The number of nitrogens with one attached hydrogen (secondary N) is 1. The molecule has 0 bridgehead atoms. The van der Waals surface area contributed by atoms with Gasteiger partial charge in [-0.05, 0) is 35.9 Å². The van der Waals surface area contributed by atoms with Crippen molar-refractivity contribution in [3.8, 4) is 5.75 Å². The first-order valence-corrected chi connectivity index (χ1v) is 12.2. The Morgan fingerprint density at radius 3 is 2.03 bits per heavy atom. The minimum Gasteiger partial charge on any atom is -0.461 e. The maximum Gasteiger partial charge on any atom is 0.573 e. The summed E-state index contributed by atoms with van der Waals surface area (Å²) in [5, 5.41) is 0. The van der Waals surface area contributed by atoms with Crippen molar-refractivity contribution in [3.05, 3.63) is 79.7 Å². The van der Waals surface area contributed by atoms with E-state index in [1.165, 1.54) is 36.7 Å². The highest BCUT2D eigenvalue weighted by Crippen LogP contribution is 2.32. The molecule has 0 aliphatic heterocycles. The molecule has 204 valence electrons. The number of carbonyl (C=O) groups is 3. The van der Waals surface area contributed by atoms with Gasteiger partial charge in [0.1, 0.15) is 19.0 Å². The maximum absolute atomic E-state index is 13.1. The summed E-state index contributed by atoms with van der Waals surface area (Å²) in [4.78, 5) is 42.4. The van der Waals surface area contributed by atoms with Crippen molar-refractivity contribution in [2.24, 2.45) is 5.41 Å². The number of hydrogen-bond acceptors (Lipinski definition) is 9. The van der Waals surface area contributed by atoms with Gasteiger partial charge in [0.2, 0.25) is 5.91 Å². The van der Waals surface area contributed by atoms with Crippen LogP contribution >= 0.6 is 0 Å². The molecule has 0 saturated carbocycles. The van der Waals surface area contributed by atoms with Crippen LogP contribution in [0.25, 0.3) is 0 Å². The van der Waals surface area contributed by atoms with E-state index in [1.54, 1.807) is 4.72 Å². The van der Waals surface area contributed by atoms with Gasteiger partial charge in [0.15, 0.2) is 5.41 Å². The number of sulfonamides is 1. The van der Waals surface area contributed by atoms with Crippen molar-refractivity contribution in [1.29, 1.82) is 0 Å². The van der Waals surface area contributed by atoms with Gasteiger partial charge in [-0.25, -0.2) is 13.1 Å². The Kier molecular flexibility index (Phi) is 10.2. The molecule has 0 unspecified atom stereocenters. The lowest BCUT2D eigenvalue weighted by molar-refractivity contribution is -0.274. The van der Waals surface area contributed by atoms with E-state index >= 15 is 0 Å². The number of benzene rings is 1. The van der Waals surface area contributed by atoms with E-state index in [-0.39, 0.29) is 13.2 Å². The number of amides is 1. The molecular weight excluding hydrogens is 533 g/mol. The number of esters is 2. The van der Waals surface area contributed by atoms with Crippen LogP contribution in [0, 0.1) is 5.41 Å². The van der Waals surface area contributed by atoms with Gasteiger partial charge in [-0.15, -0.1) is 13.2 Å². The predicted octanol–water partition coefficient (Wildman–Crippen LogP) is 2.86. The highest BCUT2D eigenvalue weighted by Gasteiger charge is 2.51. The molecule has 2 aromatic rings. The zero-order valence-corrected chi connectivity index (χ0v) is 20.6. The third-order valence-corrected chi connectivity index (χ3v) is 6.14. The van der Waals surface area contributed by atoms with Crippen molar-refractivity contribution in [3.63, 3.8) is 0 Å². The van der Waals surface area contributed by atoms with Gasteiger partial charge in [0.25, 0.3) is 10.0 Å². The summed E-state index contributed by atoms with van der Waals surface area (Å²) in [6.45, 7) is 6.18. The topological polar surface area (TPSA) is 138 Å². The van der Waals surface area contributed by atoms with Crippen LogP contribution in [0.1, 0.15) is 12.0 Å².